The van der Waals surface area contributed by atoms with Crippen LogP contribution in [0.4, 0.5) is 0 Å². The van der Waals surface area contributed by atoms with Gasteiger partial charge in [-0.25, -0.2) is 9.97 Å². The average molecular weight is 225 g/mol. The highest BCUT2D eigenvalue weighted by Crippen LogP contribution is 2.11. The van der Waals surface area contributed by atoms with Gasteiger partial charge < -0.3 is 4.74 Å². The lowest BCUT2D eigenvalue weighted by Gasteiger charge is -2.26. The van der Waals surface area contributed by atoms with Gasteiger partial charge in [-0.15, -0.1) is 0 Å². The van der Waals surface area contributed by atoms with Gasteiger partial charge in [-0.05, 0) is 6.07 Å². The molecule has 0 bridgehead atoms. The fraction of sp³-hybridized carbons (Fsp3) is 0.600. The molecular formula is C10H15N3OS. The molecule has 0 aromatic carbocycles. The van der Waals surface area contributed by atoms with Crippen LogP contribution in [0.1, 0.15) is 0 Å². The largest absolute Gasteiger partial charge is 0.379 e. The van der Waals surface area contributed by atoms with Crippen molar-refractivity contribution in [1.29, 1.82) is 0 Å². The van der Waals surface area contributed by atoms with Crippen LogP contribution >= 0.6 is 11.8 Å². The average Bonchev–Trinajstić information content (AvgIpc) is 2.32. The topological polar surface area (TPSA) is 38.2 Å². The van der Waals surface area contributed by atoms with Crippen LogP contribution in [0.3, 0.4) is 0 Å². The zero-order valence-electron chi connectivity index (χ0n) is 8.63. The minimum Gasteiger partial charge on any atom is -0.379 e. The van der Waals surface area contributed by atoms with Gasteiger partial charge in [0.05, 0.1) is 13.2 Å². The Balaban J connectivity index is 1.66. The number of thioether (sulfide) groups is 1. The smallest absolute Gasteiger partial charge is 0.187 e. The van der Waals surface area contributed by atoms with Gasteiger partial charge >= 0.3 is 0 Å². The Morgan fingerprint density at radius 3 is 2.73 bits per heavy atom. The van der Waals surface area contributed by atoms with Crippen molar-refractivity contribution in [2.45, 2.75) is 5.16 Å². The Labute approximate surface area is 94.1 Å². The Morgan fingerprint density at radius 2 is 2.00 bits per heavy atom. The third-order valence-electron chi connectivity index (χ3n) is 2.28. The lowest BCUT2D eigenvalue weighted by molar-refractivity contribution is 0.0410. The van der Waals surface area contributed by atoms with Gasteiger partial charge in [-0.2, -0.15) is 0 Å². The summed E-state index contributed by atoms with van der Waals surface area (Å²) >= 11 is 1.71. The van der Waals surface area contributed by atoms with E-state index in [-0.39, 0.29) is 0 Å². The predicted molar refractivity (Wildman–Crippen MR) is 60.0 cm³/mol. The summed E-state index contributed by atoms with van der Waals surface area (Å²) in [6, 6.07) is 1.84. The molecule has 0 atom stereocenters. The number of ether oxygens (including phenoxy) is 1. The first-order valence-electron chi connectivity index (χ1n) is 5.15. The van der Waals surface area contributed by atoms with Crippen LogP contribution in [0.5, 0.6) is 0 Å². The van der Waals surface area contributed by atoms with Crippen molar-refractivity contribution < 1.29 is 4.74 Å². The van der Waals surface area contributed by atoms with Crippen LogP contribution in [-0.4, -0.2) is 53.5 Å². The van der Waals surface area contributed by atoms with Crippen molar-refractivity contribution in [3.05, 3.63) is 18.5 Å². The van der Waals surface area contributed by atoms with Crippen LogP contribution in [0.2, 0.25) is 0 Å². The fourth-order valence-corrected chi connectivity index (χ4v) is 2.25. The maximum atomic E-state index is 5.29. The molecule has 0 N–H and O–H groups in total. The molecule has 15 heavy (non-hydrogen) atoms. The lowest BCUT2D eigenvalue weighted by Crippen LogP contribution is -2.37. The first-order valence-corrected chi connectivity index (χ1v) is 6.13. The molecule has 5 heteroatoms. The van der Waals surface area contributed by atoms with Gasteiger partial charge in [0, 0.05) is 37.8 Å². The van der Waals surface area contributed by atoms with Crippen molar-refractivity contribution in [3.8, 4) is 0 Å². The highest BCUT2D eigenvalue weighted by atomic mass is 32.2. The Morgan fingerprint density at radius 1 is 1.27 bits per heavy atom. The number of rotatable bonds is 4. The molecule has 1 aliphatic heterocycles. The second-order valence-electron chi connectivity index (χ2n) is 3.33. The highest BCUT2D eigenvalue weighted by molar-refractivity contribution is 7.99. The van der Waals surface area contributed by atoms with E-state index in [1.165, 1.54) is 0 Å². The van der Waals surface area contributed by atoms with Crippen molar-refractivity contribution >= 4 is 11.8 Å². The molecule has 1 fully saturated rings. The normalized spacial score (nSPS) is 17.9. The van der Waals surface area contributed by atoms with Crippen molar-refractivity contribution in [1.82, 2.24) is 14.9 Å². The molecule has 1 saturated heterocycles. The standard InChI is InChI=1S/C10H15N3OS/c1-2-11-10(12-3-1)15-9-6-13-4-7-14-8-5-13/h1-3H,4-9H2. The van der Waals surface area contributed by atoms with Crippen LogP contribution in [0.15, 0.2) is 23.6 Å². The molecule has 1 aromatic heterocycles. The van der Waals surface area contributed by atoms with Gasteiger partial charge in [-0.1, -0.05) is 11.8 Å². The van der Waals surface area contributed by atoms with E-state index in [1.807, 2.05) is 6.07 Å². The molecule has 0 unspecified atom stereocenters. The lowest BCUT2D eigenvalue weighted by atomic mass is 10.4. The van der Waals surface area contributed by atoms with E-state index in [0.717, 1.165) is 43.8 Å². The fourth-order valence-electron chi connectivity index (χ4n) is 1.45. The molecule has 1 aliphatic rings. The third-order valence-corrected chi connectivity index (χ3v) is 3.14. The van der Waals surface area contributed by atoms with E-state index in [9.17, 15) is 0 Å². The van der Waals surface area contributed by atoms with E-state index in [2.05, 4.69) is 14.9 Å². The Kier molecular flexibility index (Phi) is 4.38. The molecular weight excluding hydrogens is 210 g/mol. The first kappa shape index (κ1) is 10.9. The molecule has 0 amide bonds. The van der Waals surface area contributed by atoms with Crippen LogP contribution in [-0.2, 0) is 4.74 Å². The first-order chi connectivity index (χ1) is 7.45. The molecule has 0 spiro atoms. The summed E-state index contributed by atoms with van der Waals surface area (Å²) in [6.45, 7) is 4.93. The molecule has 4 nitrogen and oxygen atoms in total. The second-order valence-corrected chi connectivity index (χ2v) is 4.40. The van der Waals surface area contributed by atoms with Crippen LogP contribution in [0, 0.1) is 0 Å². The summed E-state index contributed by atoms with van der Waals surface area (Å²) < 4.78 is 5.29. The molecule has 0 radical (unpaired) electrons. The molecule has 1 aromatic rings. The maximum absolute atomic E-state index is 5.29. The second kappa shape index (κ2) is 6.05. The number of nitrogens with zero attached hydrogens (tertiary/aromatic N) is 3. The minimum absolute atomic E-state index is 0.866. The predicted octanol–water partition coefficient (Wildman–Crippen LogP) is 0.901. The number of hydrogen-bond donors (Lipinski definition) is 0. The minimum atomic E-state index is 0.866. The number of aromatic nitrogens is 2. The third kappa shape index (κ3) is 3.77. The zero-order chi connectivity index (χ0) is 10.3. The number of hydrogen-bond acceptors (Lipinski definition) is 5. The van der Waals surface area contributed by atoms with Gasteiger partial charge in [0.15, 0.2) is 5.16 Å². The van der Waals surface area contributed by atoms with E-state index in [4.69, 9.17) is 4.74 Å². The summed E-state index contributed by atoms with van der Waals surface area (Å²) in [5, 5.41) is 0.866. The Hall–Kier alpha value is -0.650. The molecule has 2 rings (SSSR count). The summed E-state index contributed by atoms with van der Waals surface area (Å²) in [5.74, 6) is 1.05. The van der Waals surface area contributed by atoms with Gasteiger partial charge in [0.1, 0.15) is 0 Å². The molecule has 0 saturated carbocycles. The summed E-state index contributed by atoms with van der Waals surface area (Å²) in [5.41, 5.74) is 0. The number of morpholine rings is 1. The van der Waals surface area contributed by atoms with Gasteiger partial charge in [0.25, 0.3) is 0 Å². The van der Waals surface area contributed by atoms with E-state index in [0.29, 0.717) is 0 Å². The SMILES string of the molecule is c1cnc(SCCN2CCOCC2)nc1. The Bertz CT molecular complexity index is 277. The molecule has 82 valence electrons. The van der Waals surface area contributed by atoms with E-state index in [1.54, 1.807) is 24.2 Å². The van der Waals surface area contributed by atoms with Crippen molar-refractivity contribution in [2.24, 2.45) is 0 Å². The zero-order valence-corrected chi connectivity index (χ0v) is 9.45. The summed E-state index contributed by atoms with van der Waals surface area (Å²) in [4.78, 5) is 10.8. The summed E-state index contributed by atoms with van der Waals surface area (Å²) in [6.07, 6.45) is 3.56. The van der Waals surface area contributed by atoms with Crippen molar-refractivity contribution in [2.75, 3.05) is 38.6 Å². The van der Waals surface area contributed by atoms with Gasteiger partial charge in [0.2, 0.25) is 0 Å². The van der Waals surface area contributed by atoms with E-state index >= 15 is 0 Å². The molecule has 0 aliphatic carbocycles. The monoisotopic (exact) mass is 225 g/mol. The quantitative estimate of drug-likeness (QED) is 0.562. The summed E-state index contributed by atoms with van der Waals surface area (Å²) in [7, 11) is 0. The van der Waals surface area contributed by atoms with Crippen LogP contribution in [0.25, 0.3) is 0 Å². The van der Waals surface area contributed by atoms with E-state index < -0.39 is 0 Å². The highest BCUT2D eigenvalue weighted by Gasteiger charge is 2.09. The molecule has 2 heterocycles. The maximum Gasteiger partial charge on any atom is 0.187 e. The van der Waals surface area contributed by atoms with Crippen LogP contribution < -0.4 is 0 Å². The van der Waals surface area contributed by atoms with Crippen molar-refractivity contribution in [3.63, 3.8) is 0 Å². The van der Waals surface area contributed by atoms with Gasteiger partial charge in [-0.3, -0.25) is 4.90 Å².